The van der Waals surface area contributed by atoms with Crippen LogP contribution in [-0.4, -0.2) is 62.1 Å². The molecule has 2 aliphatic rings. The van der Waals surface area contributed by atoms with E-state index in [1.54, 1.807) is 19.2 Å². The summed E-state index contributed by atoms with van der Waals surface area (Å²) in [5.74, 6) is 0.0705. The van der Waals surface area contributed by atoms with Crippen LogP contribution in [0.4, 0.5) is 4.39 Å². The summed E-state index contributed by atoms with van der Waals surface area (Å²) in [5, 5.41) is 16.1. The number of aromatic nitrogens is 1. The van der Waals surface area contributed by atoms with Crippen molar-refractivity contribution < 1.29 is 18.4 Å². The Balaban J connectivity index is 1.81. The number of hydrogen-bond acceptors (Lipinski definition) is 8. The van der Waals surface area contributed by atoms with Gasteiger partial charge in [0.1, 0.15) is 11.9 Å². The van der Waals surface area contributed by atoms with Gasteiger partial charge in [-0.25, -0.2) is 9.37 Å². The molecule has 3 heterocycles. The van der Waals surface area contributed by atoms with Crippen molar-refractivity contribution in [2.45, 2.75) is 19.1 Å². The van der Waals surface area contributed by atoms with Crippen LogP contribution in [-0.2, 0) is 8.89 Å². The van der Waals surface area contributed by atoms with E-state index in [1.165, 1.54) is 23.5 Å². The van der Waals surface area contributed by atoms with Crippen molar-refractivity contribution in [3.63, 3.8) is 0 Å². The summed E-state index contributed by atoms with van der Waals surface area (Å²) in [5.41, 5.74) is 1.23. The first-order valence-corrected chi connectivity index (χ1v) is 12.0. The minimum absolute atomic E-state index is 0.201. The molecular weight excluding hydrogens is 447 g/mol. The SMILES string of the molecule is CCO[Si](=O)C1=C(CN2CC(O)C2)NC(c2nccs2)=N[C@H]1c1ccc(F)cc1Cl. The number of aliphatic hydroxyl groups excluding tert-OH is 1. The van der Waals surface area contributed by atoms with E-state index in [-0.39, 0.29) is 17.7 Å². The lowest BCUT2D eigenvalue weighted by molar-refractivity contribution is 0.00756. The monoisotopic (exact) mass is 466 g/mol. The summed E-state index contributed by atoms with van der Waals surface area (Å²) in [6.45, 7) is 3.55. The topological polar surface area (TPSA) is 87.0 Å². The molecule has 7 nitrogen and oxygen atoms in total. The molecule has 4 rings (SSSR count). The Morgan fingerprint density at radius 2 is 2.27 bits per heavy atom. The molecule has 2 aromatic rings. The minimum atomic E-state index is -2.64. The number of nitrogens with zero attached hydrogens (tertiary/aromatic N) is 3. The van der Waals surface area contributed by atoms with Crippen LogP contribution in [0.2, 0.25) is 5.02 Å². The molecule has 0 saturated carbocycles. The van der Waals surface area contributed by atoms with E-state index in [1.807, 2.05) is 10.3 Å². The first-order valence-electron chi connectivity index (χ1n) is 9.46. The fourth-order valence-corrected chi connectivity index (χ4v) is 5.57. The summed E-state index contributed by atoms with van der Waals surface area (Å²) in [6.07, 6.45) is 1.31. The fraction of sp³-hybridized carbons (Fsp3) is 0.368. The zero-order valence-electron chi connectivity index (χ0n) is 16.1. The summed E-state index contributed by atoms with van der Waals surface area (Å²) < 4.78 is 32.3. The van der Waals surface area contributed by atoms with Gasteiger partial charge in [0.05, 0.1) is 17.9 Å². The average molecular weight is 467 g/mol. The molecule has 158 valence electrons. The Bertz CT molecular complexity index is 1010. The van der Waals surface area contributed by atoms with Gasteiger partial charge in [-0.3, -0.25) is 9.89 Å². The van der Waals surface area contributed by atoms with Crippen LogP contribution in [0.1, 0.15) is 23.5 Å². The maximum Gasteiger partial charge on any atom is 0.540 e. The Morgan fingerprint density at radius 3 is 2.90 bits per heavy atom. The Hall–Kier alpha value is -1.98. The molecule has 0 aliphatic carbocycles. The Labute approximate surface area is 183 Å². The van der Waals surface area contributed by atoms with Crippen molar-refractivity contribution >= 4 is 37.7 Å². The summed E-state index contributed by atoms with van der Waals surface area (Å²) in [7, 11) is -2.64. The van der Waals surface area contributed by atoms with Gasteiger partial charge in [-0.2, -0.15) is 0 Å². The number of benzene rings is 1. The molecule has 2 N–H and O–H groups in total. The van der Waals surface area contributed by atoms with Gasteiger partial charge in [-0.05, 0) is 24.6 Å². The summed E-state index contributed by atoms with van der Waals surface area (Å²) in [4.78, 5) is 11.1. The van der Waals surface area contributed by atoms with Gasteiger partial charge < -0.3 is 19.3 Å². The molecule has 11 heteroatoms. The molecule has 0 spiro atoms. The number of aliphatic imine (C=N–C) groups is 1. The number of halogens is 2. The van der Waals surface area contributed by atoms with E-state index >= 15 is 0 Å². The lowest BCUT2D eigenvalue weighted by Gasteiger charge is -2.38. The van der Waals surface area contributed by atoms with Crippen molar-refractivity contribution in [3.05, 3.63) is 62.1 Å². The van der Waals surface area contributed by atoms with Gasteiger partial charge >= 0.3 is 8.93 Å². The molecule has 1 atom stereocenters. The highest BCUT2D eigenvalue weighted by Crippen LogP contribution is 2.36. The molecular formula is C19H20ClFN4O3SSi. The quantitative estimate of drug-likeness (QED) is 0.609. The number of thiazole rings is 1. The molecule has 0 unspecified atom stereocenters. The Morgan fingerprint density at radius 1 is 1.47 bits per heavy atom. The van der Waals surface area contributed by atoms with E-state index in [9.17, 15) is 14.0 Å². The van der Waals surface area contributed by atoms with E-state index in [0.717, 1.165) is 0 Å². The van der Waals surface area contributed by atoms with Gasteiger partial charge in [0.15, 0.2) is 10.8 Å². The van der Waals surface area contributed by atoms with Crippen LogP contribution in [0.25, 0.3) is 0 Å². The smallest absolute Gasteiger partial charge is 0.521 e. The lowest BCUT2D eigenvalue weighted by atomic mass is 10.0. The first-order chi connectivity index (χ1) is 14.5. The Kier molecular flexibility index (Phi) is 6.39. The van der Waals surface area contributed by atoms with Crippen LogP contribution in [0, 0.1) is 5.82 Å². The molecule has 1 aromatic heterocycles. The zero-order valence-corrected chi connectivity index (χ0v) is 18.7. The number of rotatable bonds is 7. The standard InChI is InChI=1S/C19H20ClFN4O3SSi/c1-2-28-30(27)17-15(10-25-8-12(26)9-25)23-18(19-22-5-6-29-19)24-16(17)13-4-3-11(21)7-14(13)20/h3-7,12,16,26H,2,8-10H2,1H3,(H,23,24)/t16-/m0/s1. The highest BCUT2D eigenvalue weighted by atomic mass is 35.5. The van der Waals surface area contributed by atoms with Gasteiger partial charge in [-0.1, -0.05) is 17.7 Å². The van der Waals surface area contributed by atoms with Gasteiger partial charge in [0.25, 0.3) is 0 Å². The number of β-amino-alcohol motifs (C(OH)–C–C–N with tert-alkyl or cyclic N) is 1. The average Bonchev–Trinajstić information content (AvgIpc) is 3.21. The van der Waals surface area contributed by atoms with E-state index in [0.29, 0.717) is 46.9 Å². The van der Waals surface area contributed by atoms with Crippen LogP contribution in [0.3, 0.4) is 0 Å². The second-order valence-corrected chi connectivity index (χ2v) is 9.67. The molecule has 1 aromatic carbocycles. The number of nitrogens with one attached hydrogen (secondary N) is 1. The number of amidine groups is 1. The van der Waals surface area contributed by atoms with Gasteiger partial charge in [0.2, 0.25) is 0 Å². The molecule has 0 radical (unpaired) electrons. The van der Waals surface area contributed by atoms with Crippen molar-refractivity contribution in [3.8, 4) is 0 Å². The maximum atomic E-state index is 13.7. The first kappa shape index (κ1) is 21.3. The molecule has 0 bridgehead atoms. The van der Waals surface area contributed by atoms with Crippen molar-refractivity contribution in [2.75, 3.05) is 26.2 Å². The second-order valence-electron chi connectivity index (χ2n) is 6.97. The zero-order chi connectivity index (χ0) is 21.3. The third-order valence-electron chi connectivity index (χ3n) is 4.83. The number of hydrogen-bond donors (Lipinski definition) is 2. The van der Waals surface area contributed by atoms with Crippen LogP contribution >= 0.6 is 22.9 Å². The molecule has 1 saturated heterocycles. The van der Waals surface area contributed by atoms with Crippen LogP contribution in [0.15, 0.2) is 45.7 Å². The minimum Gasteiger partial charge on any atom is -0.521 e. The summed E-state index contributed by atoms with van der Waals surface area (Å²) in [6, 6.07) is 3.39. The molecule has 0 amide bonds. The summed E-state index contributed by atoms with van der Waals surface area (Å²) >= 11 is 7.77. The largest absolute Gasteiger partial charge is 0.540 e. The number of aliphatic hydroxyl groups is 1. The molecule has 30 heavy (non-hydrogen) atoms. The van der Waals surface area contributed by atoms with E-state index in [2.05, 4.69) is 10.3 Å². The molecule has 1 fully saturated rings. The van der Waals surface area contributed by atoms with E-state index < -0.39 is 20.8 Å². The van der Waals surface area contributed by atoms with E-state index in [4.69, 9.17) is 21.0 Å². The second kappa shape index (κ2) is 9.02. The van der Waals surface area contributed by atoms with Crippen LogP contribution in [0.5, 0.6) is 0 Å². The predicted molar refractivity (Wildman–Crippen MR) is 113 cm³/mol. The lowest BCUT2D eigenvalue weighted by Crippen LogP contribution is -2.53. The third-order valence-corrected chi connectivity index (χ3v) is 7.51. The third kappa shape index (κ3) is 4.37. The van der Waals surface area contributed by atoms with Crippen molar-refractivity contribution in [1.29, 1.82) is 0 Å². The van der Waals surface area contributed by atoms with Gasteiger partial charge in [0, 0.05) is 41.9 Å². The fourth-order valence-electron chi connectivity index (χ4n) is 3.46. The highest BCUT2D eigenvalue weighted by Gasteiger charge is 2.37. The molecule has 2 aliphatic heterocycles. The predicted octanol–water partition coefficient (Wildman–Crippen LogP) is 2.45. The van der Waals surface area contributed by atoms with Crippen molar-refractivity contribution in [2.24, 2.45) is 4.99 Å². The highest BCUT2D eigenvalue weighted by molar-refractivity contribution is 7.11. The maximum absolute atomic E-state index is 13.7. The normalized spacial score (nSPS) is 19.9. The van der Waals surface area contributed by atoms with Crippen LogP contribution < -0.4 is 5.32 Å². The van der Waals surface area contributed by atoms with Crippen molar-refractivity contribution in [1.82, 2.24) is 15.2 Å². The number of likely N-dealkylation sites (tertiary alicyclic amines) is 1. The van der Waals surface area contributed by atoms with Gasteiger partial charge in [-0.15, -0.1) is 11.3 Å².